The molecule has 0 spiro atoms. The molecule has 0 aromatic heterocycles. The van der Waals surface area contributed by atoms with Crippen molar-refractivity contribution in [2.45, 2.75) is 43.5 Å². The lowest BCUT2D eigenvalue weighted by molar-refractivity contribution is -0.145. The predicted molar refractivity (Wildman–Crippen MR) is 90.0 cm³/mol. The van der Waals surface area contributed by atoms with Crippen LogP contribution in [0.3, 0.4) is 0 Å². The summed E-state index contributed by atoms with van der Waals surface area (Å²) in [5.74, 6) is -1.34. The van der Waals surface area contributed by atoms with Crippen molar-refractivity contribution in [3.05, 3.63) is 29.8 Å². The van der Waals surface area contributed by atoms with Crippen LogP contribution in [-0.2, 0) is 29.0 Å². The molecule has 142 valence electrons. The Bertz CT molecular complexity index is 797. The van der Waals surface area contributed by atoms with Gasteiger partial charge in [0.2, 0.25) is 16.1 Å². The van der Waals surface area contributed by atoms with Gasteiger partial charge in [0.15, 0.2) is 0 Å². The Morgan fingerprint density at radius 1 is 1.23 bits per heavy atom. The molecule has 26 heavy (non-hydrogen) atoms. The van der Waals surface area contributed by atoms with Crippen LogP contribution in [0.2, 0.25) is 0 Å². The van der Waals surface area contributed by atoms with Gasteiger partial charge < -0.3 is 14.2 Å². The van der Waals surface area contributed by atoms with Crippen LogP contribution in [0.1, 0.15) is 30.6 Å². The van der Waals surface area contributed by atoms with E-state index in [1.807, 2.05) is 13.8 Å². The van der Waals surface area contributed by atoms with E-state index in [4.69, 9.17) is 14.2 Å². The number of morpholine rings is 1. The molecule has 0 saturated carbocycles. The Morgan fingerprint density at radius 3 is 2.54 bits per heavy atom. The molecule has 0 bridgehead atoms. The summed E-state index contributed by atoms with van der Waals surface area (Å²) < 4.78 is 42.6. The molecule has 0 amide bonds. The van der Waals surface area contributed by atoms with Crippen LogP contribution in [0, 0.1) is 0 Å². The molecule has 1 aromatic carbocycles. The lowest BCUT2D eigenvalue weighted by atomic mass is 10.2. The smallest absolute Gasteiger partial charge is 0.347 e. The van der Waals surface area contributed by atoms with E-state index in [2.05, 4.69) is 0 Å². The quantitative estimate of drug-likeness (QED) is 0.714. The number of esters is 2. The highest BCUT2D eigenvalue weighted by atomic mass is 32.2. The first kappa shape index (κ1) is 18.8. The summed E-state index contributed by atoms with van der Waals surface area (Å²) >= 11 is 0. The van der Waals surface area contributed by atoms with E-state index >= 15 is 0 Å². The molecular weight excluding hydrogens is 362 g/mol. The molecule has 2 aliphatic rings. The summed E-state index contributed by atoms with van der Waals surface area (Å²) in [5, 5.41) is 0. The molecule has 0 aliphatic carbocycles. The summed E-state index contributed by atoms with van der Waals surface area (Å²) in [7, 11) is -3.77. The van der Waals surface area contributed by atoms with E-state index in [-0.39, 0.29) is 42.4 Å². The highest BCUT2D eigenvalue weighted by molar-refractivity contribution is 7.89. The largest absolute Gasteiger partial charge is 0.463 e. The first-order valence-corrected chi connectivity index (χ1v) is 9.84. The average Bonchev–Trinajstić information content (AvgIpc) is 2.99. The Hall–Kier alpha value is -1.97. The maximum absolute atomic E-state index is 12.9. The number of hydrogen-bond donors (Lipinski definition) is 0. The fourth-order valence-corrected chi connectivity index (χ4v) is 4.68. The highest BCUT2D eigenvalue weighted by Crippen LogP contribution is 2.22. The van der Waals surface area contributed by atoms with Gasteiger partial charge in [-0.05, 0) is 32.0 Å². The van der Waals surface area contributed by atoms with Crippen molar-refractivity contribution in [1.82, 2.24) is 4.31 Å². The number of carbonyl (C=O) groups excluding carboxylic acids is 2. The second-order valence-electron chi connectivity index (χ2n) is 6.46. The lowest BCUT2D eigenvalue weighted by Gasteiger charge is -2.34. The van der Waals surface area contributed by atoms with Crippen LogP contribution >= 0.6 is 0 Å². The Kier molecular flexibility index (Phi) is 5.31. The van der Waals surface area contributed by atoms with Gasteiger partial charge in [-0.2, -0.15) is 4.31 Å². The lowest BCUT2D eigenvalue weighted by Crippen LogP contribution is -2.48. The molecule has 3 atom stereocenters. The minimum atomic E-state index is -3.77. The molecule has 0 unspecified atom stereocenters. The fraction of sp³-hybridized carbons (Fsp3) is 0.529. The Morgan fingerprint density at radius 2 is 1.92 bits per heavy atom. The van der Waals surface area contributed by atoms with Crippen LogP contribution in [0.15, 0.2) is 29.2 Å². The number of carbonyl (C=O) groups is 2. The van der Waals surface area contributed by atoms with Gasteiger partial charge in [-0.15, -0.1) is 0 Å². The topological polar surface area (TPSA) is 99.2 Å². The Labute approximate surface area is 152 Å². The summed E-state index contributed by atoms with van der Waals surface area (Å²) in [6.07, 6.45) is -1.07. The van der Waals surface area contributed by atoms with Crippen molar-refractivity contribution in [2.24, 2.45) is 0 Å². The van der Waals surface area contributed by atoms with Crippen LogP contribution in [-0.4, -0.2) is 62.7 Å². The second kappa shape index (κ2) is 7.34. The first-order chi connectivity index (χ1) is 12.3. The standard InChI is InChI=1S/C17H21NO7S/c1-11-9-18(10-12(2)24-11)26(21,22)14-5-3-4-13(8-14)16(19)25-15-6-7-23-17(15)20/h3-5,8,11-12,15H,6-7,9-10H2,1-2H3/t11-,12-,15+/m0/s1. The summed E-state index contributed by atoms with van der Waals surface area (Å²) in [5.41, 5.74) is 0.0696. The van der Waals surface area contributed by atoms with Gasteiger partial charge in [-0.1, -0.05) is 6.07 Å². The summed E-state index contributed by atoms with van der Waals surface area (Å²) in [4.78, 5) is 23.7. The van der Waals surface area contributed by atoms with Gasteiger partial charge in [-0.25, -0.2) is 18.0 Å². The maximum atomic E-state index is 12.9. The Balaban J connectivity index is 1.79. The molecule has 1 aromatic rings. The molecular formula is C17H21NO7S. The number of nitrogens with zero attached hydrogens (tertiary/aromatic N) is 1. The second-order valence-corrected chi connectivity index (χ2v) is 8.40. The maximum Gasteiger partial charge on any atom is 0.347 e. The molecule has 9 heteroatoms. The van der Waals surface area contributed by atoms with Crippen molar-refractivity contribution < 1.29 is 32.2 Å². The van der Waals surface area contributed by atoms with E-state index in [0.29, 0.717) is 6.42 Å². The third-order valence-corrected chi connectivity index (χ3v) is 6.06. The van der Waals surface area contributed by atoms with Crippen LogP contribution in [0.4, 0.5) is 0 Å². The predicted octanol–water partition coefficient (Wildman–Crippen LogP) is 0.957. The molecule has 0 radical (unpaired) electrons. The normalized spacial score (nSPS) is 27.2. The molecule has 2 saturated heterocycles. The number of sulfonamides is 1. The van der Waals surface area contributed by atoms with E-state index in [1.54, 1.807) is 0 Å². The molecule has 8 nitrogen and oxygen atoms in total. The van der Waals surface area contributed by atoms with Gasteiger partial charge in [0.05, 0.1) is 29.3 Å². The molecule has 2 heterocycles. The van der Waals surface area contributed by atoms with E-state index in [1.165, 1.54) is 28.6 Å². The van der Waals surface area contributed by atoms with Crippen molar-refractivity contribution in [3.63, 3.8) is 0 Å². The molecule has 2 fully saturated rings. The number of ether oxygens (including phenoxy) is 3. The highest BCUT2D eigenvalue weighted by Gasteiger charge is 2.33. The summed E-state index contributed by atoms with van der Waals surface area (Å²) in [6, 6.07) is 5.62. The van der Waals surface area contributed by atoms with Crippen LogP contribution in [0.5, 0.6) is 0 Å². The van der Waals surface area contributed by atoms with Gasteiger partial charge in [0, 0.05) is 19.5 Å². The van der Waals surface area contributed by atoms with Crippen molar-refractivity contribution >= 4 is 22.0 Å². The van der Waals surface area contributed by atoms with Crippen molar-refractivity contribution in [2.75, 3.05) is 19.7 Å². The van der Waals surface area contributed by atoms with Gasteiger partial charge in [-0.3, -0.25) is 0 Å². The minimum Gasteiger partial charge on any atom is -0.463 e. The van der Waals surface area contributed by atoms with E-state index < -0.39 is 28.1 Å². The van der Waals surface area contributed by atoms with Crippen LogP contribution in [0.25, 0.3) is 0 Å². The zero-order valence-corrected chi connectivity index (χ0v) is 15.4. The first-order valence-electron chi connectivity index (χ1n) is 8.40. The van der Waals surface area contributed by atoms with Crippen molar-refractivity contribution in [1.29, 1.82) is 0 Å². The van der Waals surface area contributed by atoms with Crippen LogP contribution < -0.4 is 0 Å². The SMILES string of the molecule is C[C@H]1CN(S(=O)(=O)c2cccc(C(=O)O[C@@H]3CCOC3=O)c2)C[C@H](C)O1. The number of cyclic esters (lactones) is 1. The minimum absolute atomic E-state index is 0.00208. The van der Waals surface area contributed by atoms with Gasteiger partial charge >= 0.3 is 11.9 Å². The van der Waals surface area contributed by atoms with Gasteiger partial charge in [0.1, 0.15) is 0 Å². The average molecular weight is 383 g/mol. The molecule has 0 N–H and O–H groups in total. The summed E-state index contributed by atoms with van der Waals surface area (Å²) in [6.45, 7) is 4.32. The molecule has 2 aliphatic heterocycles. The zero-order chi connectivity index (χ0) is 18.9. The van der Waals surface area contributed by atoms with Gasteiger partial charge in [0.25, 0.3) is 0 Å². The molecule has 3 rings (SSSR count). The monoisotopic (exact) mass is 383 g/mol. The number of rotatable bonds is 4. The van der Waals surface area contributed by atoms with E-state index in [9.17, 15) is 18.0 Å². The zero-order valence-electron chi connectivity index (χ0n) is 14.6. The van der Waals surface area contributed by atoms with Crippen molar-refractivity contribution in [3.8, 4) is 0 Å². The number of benzene rings is 1. The van der Waals surface area contributed by atoms with E-state index in [0.717, 1.165) is 0 Å². The fourth-order valence-electron chi connectivity index (χ4n) is 3.04. The third-order valence-electron chi connectivity index (χ3n) is 4.23. The third kappa shape index (κ3) is 3.89. The number of hydrogen-bond acceptors (Lipinski definition) is 7.